The minimum absolute atomic E-state index is 0.189. The van der Waals surface area contributed by atoms with E-state index in [1.54, 1.807) is 19.2 Å². The van der Waals surface area contributed by atoms with Crippen molar-refractivity contribution in [3.05, 3.63) is 29.6 Å². The van der Waals surface area contributed by atoms with Crippen molar-refractivity contribution in [3.8, 4) is 5.75 Å². The zero-order chi connectivity index (χ0) is 12.0. The van der Waals surface area contributed by atoms with Crippen molar-refractivity contribution in [2.45, 2.75) is 20.3 Å². The number of nitrogens with one attached hydrogen (secondary N) is 1. The summed E-state index contributed by atoms with van der Waals surface area (Å²) in [5.41, 5.74) is 0.733. The summed E-state index contributed by atoms with van der Waals surface area (Å²) in [7, 11) is 1.54. The molecule has 3 heteroatoms. The summed E-state index contributed by atoms with van der Waals surface area (Å²) < 4.78 is 18.5. The molecular weight excluding hydrogens is 205 g/mol. The third-order valence-corrected chi connectivity index (χ3v) is 2.38. The Labute approximate surface area is 96.8 Å². The Kier molecular flexibility index (Phi) is 5.26. The Bertz CT molecular complexity index is 326. The second-order valence-corrected chi connectivity index (χ2v) is 4.31. The van der Waals surface area contributed by atoms with E-state index in [2.05, 4.69) is 19.2 Å². The van der Waals surface area contributed by atoms with Gasteiger partial charge in [-0.2, -0.15) is 0 Å². The largest absolute Gasteiger partial charge is 0.497 e. The van der Waals surface area contributed by atoms with Gasteiger partial charge in [0.15, 0.2) is 0 Å². The molecule has 0 aliphatic carbocycles. The Morgan fingerprint density at radius 1 is 1.38 bits per heavy atom. The predicted molar refractivity (Wildman–Crippen MR) is 64.4 cm³/mol. The van der Waals surface area contributed by atoms with E-state index in [0.29, 0.717) is 18.1 Å². The number of rotatable bonds is 6. The second kappa shape index (κ2) is 6.48. The topological polar surface area (TPSA) is 21.3 Å². The lowest BCUT2D eigenvalue weighted by atomic mass is 10.1. The maximum Gasteiger partial charge on any atom is 0.130 e. The van der Waals surface area contributed by atoms with Crippen LogP contribution in [0.25, 0.3) is 0 Å². The first-order valence-electron chi connectivity index (χ1n) is 5.66. The van der Waals surface area contributed by atoms with Crippen LogP contribution in [0.5, 0.6) is 5.75 Å². The van der Waals surface area contributed by atoms with Gasteiger partial charge in [0.2, 0.25) is 0 Å². The van der Waals surface area contributed by atoms with Crippen molar-refractivity contribution < 1.29 is 9.13 Å². The van der Waals surface area contributed by atoms with Crippen LogP contribution in [0.4, 0.5) is 4.39 Å². The molecule has 0 aliphatic rings. The summed E-state index contributed by atoms with van der Waals surface area (Å²) in [5, 5.41) is 3.29. The molecule has 0 amide bonds. The molecule has 1 N–H and O–H groups in total. The van der Waals surface area contributed by atoms with Crippen LogP contribution in [0.2, 0.25) is 0 Å². The van der Waals surface area contributed by atoms with Gasteiger partial charge < -0.3 is 10.1 Å². The van der Waals surface area contributed by atoms with Crippen LogP contribution in [0.1, 0.15) is 19.4 Å². The number of ether oxygens (including phenoxy) is 1. The van der Waals surface area contributed by atoms with E-state index >= 15 is 0 Å². The van der Waals surface area contributed by atoms with Gasteiger partial charge in [-0.05, 0) is 37.1 Å². The van der Waals surface area contributed by atoms with Crippen molar-refractivity contribution in [2.24, 2.45) is 5.92 Å². The molecule has 0 aliphatic heterocycles. The third kappa shape index (κ3) is 4.19. The highest BCUT2D eigenvalue weighted by Crippen LogP contribution is 2.16. The van der Waals surface area contributed by atoms with Gasteiger partial charge in [-0.25, -0.2) is 4.39 Å². The summed E-state index contributed by atoms with van der Waals surface area (Å²) in [6.45, 7) is 6.08. The number of halogens is 1. The zero-order valence-electron chi connectivity index (χ0n) is 10.2. The van der Waals surface area contributed by atoms with Crippen LogP contribution in [0, 0.1) is 11.7 Å². The minimum atomic E-state index is -0.189. The maximum atomic E-state index is 13.5. The molecule has 0 atom stereocenters. The van der Waals surface area contributed by atoms with Gasteiger partial charge in [-0.15, -0.1) is 0 Å². The fourth-order valence-electron chi connectivity index (χ4n) is 1.47. The molecule has 0 saturated heterocycles. The van der Waals surface area contributed by atoms with E-state index in [-0.39, 0.29) is 5.82 Å². The summed E-state index contributed by atoms with van der Waals surface area (Å²) >= 11 is 0. The highest BCUT2D eigenvalue weighted by Gasteiger charge is 2.03. The molecular formula is C13H20FNO. The molecule has 0 unspecified atom stereocenters. The second-order valence-electron chi connectivity index (χ2n) is 4.31. The van der Waals surface area contributed by atoms with Gasteiger partial charge in [0.1, 0.15) is 11.6 Å². The molecule has 16 heavy (non-hydrogen) atoms. The fourth-order valence-corrected chi connectivity index (χ4v) is 1.47. The molecule has 0 spiro atoms. The van der Waals surface area contributed by atoms with E-state index < -0.39 is 0 Å². The third-order valence-electron chi connectivity index (χ3n) is 2.38. The Morgan fingerprint density at radius 2 is 2.12 bits per heavy atom. The number of hydrogen-bond acceptors (Lipinski definition) is 2. The predicted octanol–water partition coefficient (Wildman–Crippen LogP) is 2.62. The molecule has 0 bridgehead atoms. The van der Waals surface area contributed by atoms with Gasteiger partial charge >= 0.3 is 0 Å². The molecule has 2 nitrogen and oxygen atoms in total. The zero-order valence-corrected chi connectivity index (χ0v) is 10.2. The molecule has 1 rings (SSSR count). The van der Waals surface area contributed by atoms with Crippen LogP contribution in [0.15, 0.2) is 18.2 Å². The highest BCUT2D eigenvalue weighted by molar-refractivity contribution is 5.29. The normalized spacial score (nSPS) is 10.8. The van der Waals surface area contributed by atoms with Crippen molar-refractivity contribution in [1.29, 1.82) is 0 Å². The van der Waals surface area contributed by atoms with Crippen molar-refractivity contribution in [2.75, 3.05) is 20.2 Å². The van der Waals surface area contributed by atoms with E-state index in [4.69, 9.17) is 4.74 Å². The average Bonchev–Trinajstić information content (AvgIpc) is 2.25. The van der Waals surface area contributed by atoms with E-state index in [0.717, 1.165) is 18.7 Å². The molecule has 1 aromatic carbocycles. The molecule has 0 fully saturated rings. The first kappa shape index (κ1) is 13.0. The minimum Gasteiger partial charge on any atom is -0.497 e. The van der Waals surface area contributed by atoms with Crippen LogP contribution in [-0.2, 0) is 6.42 Å². The number of methoxy groups -OCH3 is 1. The van der Waals surface area contributed by atoms with Gasteiger partial charge in [0.05, 0.1) is 7.11 Å². The first-order valence-corrected chi connectivity index (χ1v) is 5.66. The average molecular weight is 225 g/mol. The Morgan fingerprint density at radius 3 is 2.69 bits per heavy atom. The number of hydrogen-bond donors (Lipinski definition) is 1. The summed E-state index contributed by atoms with van der Waals surface area (Å²) in [6.07, 6.45) is 0.711. The lowest BCUT2D eigenvalue weighted by Gasteiger charge is -2.08. The van der Waals surface area contributed by atoms with Crippen molar-refractivity contribution in [3.63, 3.8) is 0 Å². The molecule has 1 aromatic rings. The van der Waals surface area contributed by atoms with Crippen LogP contribution >= 0.6 is 0 Å². The Hall–Kier alpha value is -1.09. The van der Waals surface area contributed by atoms with E-state index in [9.17, 15) is 4.39 Å². The first-order chi connectivity index (χ1) is 7.63. The van der Waals surface area contributed by atoms with Crippen molar-refractivity contribution >= 4 is 0 Å². The smallest absolute Gasteiger partial charge is 0.130 e. The molecule has 90 valence electrons. The standard InChI is InChI=1S/C13H20FNO/c1-10(2)9-15-7-6-11-4-5-12(16-3)8-13(11)14/h4-5,8,10,15H,6-7,9H2,1-3H3. The highest BCUT2D eigenvalue weighted by atomic mass is 19.1. The van der Waals surface area contributed by atoms with Gasteiger partial charge in [-0.3, -0.25) is 0 Å². The SMILES string of the molecule is COc1ccc(CCNCC(C)C)c(F)c1. The Balaban J connectivity index is 2.42. The lowest BCUT2D eigenvalue weighted by Crippen LogP contribution is -2.22. The van der Waals surface area contributed by atoms with Crippen LogP contribution in [0.3, 0.4) is 0 Å². The quantitative estimate of drug-likeness (QED) is 0.751. The van der Waals surface area contributed by atoms with E-state index in [1.165, 1.54) is 6.07 Å². The molecule has 0 aromatic heterocycles. The van der Waals surface area contributed by atoms with Gasteiger partial charge in [0, 0.05) is 6.07 Å². The monoisotopic (exact) mass is 225 g/mol. The van der Waals surface area contributed by atoms with Gasteiger partial charge in [-0.1, -0.05) is 19.9 Å². The summed E-state index contributed by atoms with van der Waals surface area (Å²) in [5.74, 6) is 1.00. The number of benzene rings is 1. The summed E-state index contributed by atoms with van der Waals surface area (Å²) in [4.78, 5) is 0. The summed E-state index contributed by atoms with van der Waals surface area (Å²) in [6, 6.07) is 5.00. The molecule has 0 radical (unpaired) electrons. The molecule has 0 heterocycles. The van der Waals surface area contributed by atoms with Crippen LogP contribution < -0.4 is 10.1 Å². The maximum absolute atomic E-state index is 13.5. The lowest BCUT2D eigenvalue weighted by molar-refractivity contribution is 0.410. The fraction of sp³-hybridized carbons (Fsp3) is 0.538. The van der Waals surface area contributed by atoms with Crippen LogP contribution in [-0.4, -0.2) is 20.2 Å². The van der Waals surface area contributed by atoms with Gasteiger partial charge in [0.25, 0.3) is 0 Å². The van der Waals surface area contributed by atoms with Crippen molar-refractivity contribution in [1.82, 2.24) is 5.32 Å². The van der Waals surface area contributed by atoms with E-state index in [1.807, 2.05) is 0 Å². The molecule has 0 saturated carbocycles.